The molecule has 0 bridgehead atoms. The topological polar surface area (TPSA) is 98.7 Å². The Hall–Kier alpha value is -2.08. The molecule has 0 unspecified atom stereocenters. The van der Waals surface area contributed by atoms with Crippen LogP contribution >= 0.6 is 0 Å². The monoisotopic (exact) mass is 252 g/mol. The van der Waals surface area contributed by atoms with Gasteiger partial charge in [0, 0.05) is 5.69 Å². The Morgan fingerprint density at radius 3 is 2.39 bits per heavy atom. The molecule has 18 heavy (non-hydrogen) atoms. The summed E-state index contributed by atoms with van der Waals surface area (Å²) in [6.07, 6.45) is -1.15. The van der Waals surface area contributed by atoms with Gasteiger partial charge in [-0.3, -0.25) is 4.79 Å². The van der Waals surface area contributed by atoms with Gasteiger partial charge in [-0.25, -0.2) is 4.79 Å². The van der Waals surface area contributed by atoms with Gasteiger partial charge in [0.1, 0.15) is 0 Å². The molecule has 0 fully saturated rings. The number of nitrogens with one attached hydrogen (secondary N) is 2. The molecule has 1 rings (SSSR count). The number of carbonyl (C=O) groups is 2. The summed E-state index contributed by atoms with van der Waals surface area (Å²) < 4.78 is 0. The fourth-order valence-corrected chi connectivity index (χ4v) is 1.35. The molecule has 4 N–H and O–H groups in total. The van der Waals surface area contributed by atoms with E-state index in [0.717, 1.165) is 5.69 Å². The highest BCUT2D eigenvalue weighted by Gasteiger charge is 2.24. The molecule has 0 radical (unpaired) electrons. The highest BCUT2D eigenvalue weighted by molar-refractivity contribution is 5.86. The number of rotatable bonds is 6. The minimum absolute atomic E-state index is 0.0550. The summed E-state index contributed by atoms with van der Waals surface area (Å²) in [6.45, 7) is 1.25. The predicted molar refractivity (Wildman–Crippen MR) is 66.2 cm³/mol. The van der Waals surface area contributed by atoms with Crippen LogP contribution in [0.5, 0.6) is 0 Å². The smallest absolute Gasteiger partial charge is 0.328 e. The first kappa shape index (κ1) is 14.0. The van der Waals surface area contributed by atoms with Crippen molar-refractivity contribution in [1.82, 2.24) is 5.32 Å². The number of aliphatic hydroxyl groups is 1. The molecule has 6 heteroatoms. The van der Waals surface area contributed by atoms with Crippen molar-refractivity contribution in [3.05, 3.63) is 30.3 Å². The molecule has 1 amide bonds. The normalized spacial score (nSPS) is 13.4. The molecule has 1 aromatic rings. The Morgan fingerprint density at radius 2 is 1.89 bits per heavy atom. The third-order valence-corrected chi connectivity index (χ3v) is 2.29. The van der Waals surface area contributed by atoms with E-state index in [1.807, 2.05) is 18.2 Å². The van der Waals surface area contributed by atoms with E-state index in [2.05, 4.69) is 10.6 Å². The van der Waals surface area contributed by atoms with Crippen molar-refractivity contribution in [2.45, 2.75) is 19.1 Å². The molecule has 98 valence electrons. The van der Waals surface area contributed by atoms with Gasteiger partial charge in [0.2, 0.25) is 5.91 Å². The summed E-state index contributed by atoms with van der Waals surface area (Å²) in [4.78, 5) is 22.2. The molecule has 0 aromatic heterocycles. The summed E-state index contributed by atoms with van der Waals surface area (Å²) in [5.41, 5.74) is 0.761. The van der Waals surface area contributed by atoms with Crippen LogP contribution in [-0.2, 0) is 9.59 Å². The SMILES string of the molecule is C[C@@H](O)[C@H](NC(=O)CNc1ccccc1)C(=O)O. The lowest BCUT2D eigenvalue weighted by molar-refractivity contribution is -0.144. The number of hydrogen-bond acceptors (Lipinski definition) is 4. The zero-order valence-corrected chi connectivity index (χ0v) is 9.96. The van der Waals surface area contributed by atoms with Crippen molar-refractivity contribution in [3.63, 3.8) is 0 Å². The standard InChI is InChI=1S/C12H16N2O4/c1-8(15)11(12(17)18)14-10(16)7-13-9-5-3-2-4-6-9/h2-6,8,11,13,15H,7H2,1H3,(H,14,16)(H,17,18)/t8-,11+/m1/s1. The van der Waals surface area contributed by atoms with Gasteiger partial charge >= 0.3 is 5.97 Å². The summed E-state index contributed by atoms with van der Waals surface area (Å²) in [5, 5.41) is 23.1. The molecule has 0 saturated carbocycles. The lowest BCUT2D eigenvalue weighted by Gasteiger charge is -2.17. The first-order valence-electron chi connectivity index (χ1n) is 5.50. The number of anilines is 1. The Morgan fingerprint density at radius 1 is 1.28 bits per heavy atom. The molecular weight excluding hydrogens is 236 g/mol. The van der Waals surface area contributed by atoms with Gasteiger partial charge in [0.25, 0.3) is 0 Å². The maximum Gasteiger partial charge on any atom is 0.328 e. The molecular formula is C12H16N2O4. The lowest BCUT2D eigenvalue weighted by Crippen LogP contribution is -2.49. The zero-order valence-electron chi connectivity index (χ0n) is 9.96. The second-order valence-electron chi connectivity index (χ2n) is 3.84. The Balaban J connectivity index is 2.44. The van der Waals surface area contributed by atoms with Crippen molar-refractivity contribution < 1.29 is 19.8 Å². The second-order valence-corrected chi connectivity index (χ2v) is 3.84. The average molecular weight is 252 g/mol. The van der Waals surface area contributed by atoms with Gasteiger partial charge in [-0.05, 0) is 19.1 Å². The minimum atomic E-state index is -1.30. The van der Waals surface area contributed by atoms with Gasteiger partial charge in [0.15, 0.2) is 6.04 Å². The number of aliphatic carboxylic acids is 1. The fraction of sp³-hybridized carbons (Fsp3) is 0.333. The quantitative estimate of drug-likeness (QED) is 0.573. The van der Waals surface area contributed by atoms with Crippen LogP contribution in [0.4, 0.5) is 5.69 Å². The number of amides is 1. The maximum atomic E-state index is 11.5. The van der Waals surface area contributed by atoms with Crippen LogP contribution in [-0.4, -0.2) is 40.8 Å². The van der Waals surface area contributed by atoms with E-state index in [0.29, 0.717) is 0 Å². The average Bonchev–Trinajstić information content (AvgIpc) is 2.34. The zero-order chi connectivity index (χ0) is 13.5. The van der Waals surface area contributed by atoms with Crippen LogP contribution in [0, 0.1) is 0 Å². The van der Waals surface area contributed by atoms with E-state index in [-0.39, 0.29) is 6.54 Å². The third kappa shape index (κ3) is 4.42. The molecule has 0 aliphatic carbocycles. The van der Waals surface area contributed by atoms with Gasteiger partial charge < -0.3 is 20.8 Å². The van der Waals surface area contributed by atoms with Crippen molar-refractivity contribution in [3.8, 4) is 0 Å². The van der Waals surface area contributed by atoms with Crippen molar-refractivity contribution in [1.29, 1.82) is 0 Å². The van der Waals surface area contributed by atoms with E-state index in [1.54, 1.807) is 12.1 Å². The number of para-hydroxylation sites is 1. The van der Waals surface area contributed by atoms with Crippen molar-refractivity contribution in [2.24, 2.45) is 0 Å². The Bertz CT molecular complexity index is 406. The summed E-state index contributed by atoms with van der Waals surface area (Å²) in [5.74, 6) is -1.76. The minimum Gasteiger partial charge on any atom is -0.480 e. The maximum absolute atomic E-state index is 11.5. The number of carbonyl (C=O) groups excluding carboxylic acids is 1. The molecule has 2 atom stereocenters. The first-order chi connectivity index (χ1) is 8.50. The molecule has 0 aliphatic rings. The number of carboxylic acids is 1. The van der Waals surface area contributed by atoms with Gasteiger partial charge in [-0.1, -0.05) is 18.2 Å². The third-order valence-electron chi connectivity index (χ3n) is 2.29. The highest BCUT2D eigenvalue weighted by atomic mass is 16.4. The molecule has 0 saturated heterocycles. The number of benzene rings is 1. The summed E-state index contributed by atoms with van der Waals surface area (Å²) in [7, 11) is 0. The van der Waals surface area contributed by atoms with E-state index < -0.39 is 24.0 Å². The van der Waals surface area contributed by atoms with Crippen LogP contribution in [0.3, 0.4) is 0 Å². The predicted octanol–water partition coefficient (Wildman–Crippen LogP) is 0.0487. The van der Waals surface area contributed by atoms with E-state index in [1.165, 1.54) is 6.92 Å². The van der Waals surface area contributed by atoms with Crippen LogP contribution in [0.1, 0.15) is 6.92 Å². The lowest BCUT2D eigenvalue weighted by atomic mass is 10.2. The Labute approximate surface area is 105 Å². The van der Waals surface area contributed by atoms with Crippen molar-refractivity contribution in [2.75, 3.05) is 11.9 Å². The molecule has 6 nitrogen and oxygen atoms in total. The van der Waals surface area contributed by atoms with Crippen LogP contribution in [0.15, 0.2) is 30.3 Å². The summed E-state index contributed by atoms with van der Waals surface area (Å²) >= 11 is 0. The van der Waals surface area contributed by atoms with Crippen LogP contribution < -0.4 is 10.6 Å². The Kier molecular flexibility index (Phi) is 5.13. The molecule has 1 aromatic carbocycles. The van der Waals surface area contributed by atoms with E-state index in [9.17, 15) is 14.7 Å². The number of hydrogen-bond donors (Lipinski definition) is 4. The van der Waals surface area contributed by atoms with E-state index in [4.69, 9.17) is 5.11 Å². The van der Waals surface area contributed by atoms with Crippen LogP contribution in [0.2, 0.25) is 0 Å². The van der Waals surface area contributed by atoms with Gasteiger partial charge in [0.05, 0.1) is 12.6 Å². The van der Waals surface area contributed by atoms with Crippen molar-refractivity contribution >= 4 is 17.6 Å². The van der Waals surface area contributed by atoms with Gasteiger partial charge in [-0.2, -0.15) is 0 Å². The number of aliphatic hydroxyl groups excluding tert-OH is 1. The number of carboxylic acid groups (broad SMARTS) is 1. The highest BCUT2D eigenvalue weighted by Crippen LogP contribution is 2.03. The largest absolute Gasteiger partial charge is 0.480 e. The molecule has 0 heterocycles. The van der Waals surface area contributed by atoms with Gasteiger partial charge in [-0.15, -0.1) is 0 Å². The first-order valence-corrected chi connectivity index (χ1v) is 5.50. The second kappa shape index (κ2) is 6.61. The molecule has 0 aliphatic heterocycles. The van der Waals surface area contributed by atoms with E-state index >= 15 is 0 Å². The fourth-order valence-electron chi connectivity index (χ4n) is 1.35. The molecule has 0 spiro atoms. The van der Waals surface area contributed by atoms with Crippen LogP contribution in [0.25, 0.3) is 0 Å². The summed E-state index contributed by atoms with van der Waals surface area (Å²) in [6, 6.07) is 7.76.